The van der Waals surface area contributed by atoms with Gasteiger partial charge in [0.05, 0.1) is 31.4 Å². The van der Waals surface area contributed by atoms with Crippen molar-refractivity contribution in [3.63, 3.8) is 0 Å². The van der Waals surface area contributed by atoms with Gasteiger partial charge >= 0.3 is 0 Å². The summed E-state index contributed by atoms with van der Waals surface area (Å²) >= 11 is 9.26. The maximum absolute atomic E-state index is 5.81. The third-order valence-corrected chi connectivity index (χ3v) is 3.25. The minimum Gasteiger partial charge on any atom is -0.493 e. The van der Waals surface area contributed by atoms with E-state index >= 15 is 0 Å². The molecular weight excluding hydrogens is 335 g/mol. The fraction of sp³-hybridized carbons (Fsp3) is 0.538. The monoisotopic (exact) mass is 352 g/mol. The first kappa shape index (κ1) is 16.6. The molecule has 0 N–H and O–H groups in total. The van der Waals surface area contributed by atoms with Gasteiger partial charge in [0, 0.05) is 13.0 Å². The highest BCUT2D eigenvalue weighted by atomic mass is 79.9. The first-order valence-electron chi connectivity index (χ1n) is 5.84. The zero-order chi connectivity index (χ0) is 14.1. The first-order valence-corrected chi connectivity index (χ1v) is 7.17. The van der Waals surface area contributed by atoms with Crippen LogP contribution in [0.25, 0.3) is 0 Å². The van der Waals surface area contributed by atoms with Crippen molar-refractivity contribution >= 4 is 27.5 Å². The number of hydrogen-bond donors (Lipinski definition) is 0. The fourth-order valence-electron chi connectivity index (χ4n) is 1.44. The van der Waals surface area contributed by atoms with Gasteiger partial charge in [-0.2, -0.15) is 0 Å². The van der Waals surface area contributed by atoms with Crippen LogP contribution in [0.1, 0.15) is 5.56 Å². The Kier molecular flexibility index (Phi) is 8.21. The Bertz CT molecular complexity index is 387. The van der Waals surface area contributed by atoms with E-state index in [4.69, 9.17) is 30.5 Å². The van der Waals surface area contributed by atoms with Crippen LogP contribution in [0.3, 0.4) is 0 Å². The highest BCUT2D eigenvalue weighted by molar-refractivity contribution is 9.10. The number of halogens is 2. The van der Waals surface area contributed by atoms with Gasteiger partial charge in [0.2, 0.25) is 0 Å². The van der Waals surface area contributed by atoms with E-state index in [1.165, 1.54) is 0 Å². The van der Waals surface area contributed by atoms with Gasteiger partial charge in [-0.05, 0) is 33.6 Å². The molecule has 0 saturated carbocycles. The second kappa shape index (κ2) is 9.42. The molecule has 0 amide bonds. The van der Waals surface area contributed by atoms with Gasteiger partial charge in [0.25, 0.3) is 0 Å². The summed E-state index contributed by atoms with van der Waals surface area (Å²) in [5.74, 6) is 1.74. The van der Waals surface area contributed by atoms with Crippen molar-refractivity contribution in [2.45, 2.75) is 5.88 Å². The Balaban J connectivity index is 2.52. The normalized spacial score (nSPS) is 10.5. The van der Waals surface area contributed by atoms with Crippen molar-refractivity contribution in [3.8, 4) is 11.5 Å². The van der Waals surface area contributed by atoms with E-state index in [2.05, 4.69) is 15.9 Å². The number of alkyl halides is 1. The van der Waals surface area contributed by atoms with E-state index in [1.807, 2.05) is 12.1 Å². The van der Waals surface area contributed by atoms with Crippen LogP contribution in [0.5, 0.6) is 11.5 Å². The summed E-state index contributed by atoms with van der Waals surface area (Å²) in [4.78, 5) is 0. The molecule has 0 atom stereocenters. The number of hydrogen-bond acceptors (Lipinski definition) is 4. The summed E-state index contributed by atoms with van der Waals surface area (Å²) in [6, 6.07) is 3.77. The molecule has 0 unspecified atom stereocenters. The van der Waals surface area contributed by atoms with Gasteiger partial charge in [-0.1, -0.05) is 0 Å². The van der Waals surface area contributed by atoms with E-state index in [0.29, 0.717) is 43.8 Å². The summed E-state index contributed by atoms with van der Waals surface area (Å²) in [5.41, 5.74) is 0.967. The molecule has 0 heterocycles. The molecule has 19 heavy (non-hydrogen) atoms. The van der Waals surface area contributed by atoms with Gasteiger partial charge in [0.15, 0.2) is 11.5 Å². The van der Waals surface area contributed by atoms with E-state index in [0.717, 1.165) is 10.0 Å². The number of methoxy groups -OCH3 is 2. The molecule has 1 aromatic rings. The van der Waals surface area contributed by atoms with Crippen LogP contribution in [0.15, 0.2) is 16.6 Å². The van der Waals surface area contributed by atoms with Crippen LogP contribution in [0, 0.1) is 0 Å². The van der Waals surface area contributed by atoms with Gasteiger partial charge in [-0.25, -0.2) is 0 Å². The molecule has 0 saturated heterocycles. The zero-order valence-corrected chi connectivity index (χ0v) is 13.4. The molecular formula is C13H18BrClO4. The molecule has 0 bridgehead atoms. The third kappa shape index (κ3) is 5.57. The molecule has 0 aliphatic carbocycles. The van der Waals surface area contributed by atoms with Gasteiger partial charge < -0.3 is 18.9 Å². The minimum absolute atomic E-state index is 0.426. The smallest absolute Gasteiger partial charge is 0.175 e. The molecule has 1 rings (SSSR count). The predicted molar refractivity (Wildman–Crippen MR) is 78.4 cm³/mol. The molecule has 4 nitrogen and oxygen atoms in total. The summed E-state index contributed by atoms with van der Waals surface area (Å²) in [7, 11) is 3.24. The van der Waals surface area contributed by atoms with Crippen LogP contribution in [-0.2, 0) is 15.4 Å². The maximum atomic E-state index is 5.81. The van der Waals surface area contributed by atoms with E-state index in [-0.39, 0.29) is 0 Å². The molecule has 6 heteroatoms. The predicted octanol–water partition coefficient (Wildman–Crippen LogP) is 3.24. The lowest BCUT2D eigenvalue weighted by Crippen LogP contribution is -2.10. The van der Waals surface area contributed by atoms with E-state index in [9.17, 15) is 0 Å². The lowest BCUT2D eigenvalue weighted by atomic mass is 10.2. The maximum Gasteiger partial charge on any atom is 0.175 e. The Morgan fingerprint density at radius 1 is 1.11 bits per heavy atom. The zero-order valence-electron chi connectivity index (χ0n) is 11.1. The highest BCUT2D eigenvalue weighted by Crippen LogP contribution is 2.36. The van der Waals surface area contributed by atoms with Crippen LogP contribution in [0.2, 0.25) is 0 Å². The van der Waals surface area contributed by atoms with Crippen LogP contribution in [0.4, 0.5) is 0 Å². The first-order chi connectivity index (χ1) is 9.22. The Morgan fingerprint density at radius 3 is 2.47 bits per heavy atom. The van der Waals surface area contributed by atoms with Gasteiger partial charge in [-0.3, -0.25) is 0 Å². The van der Waals surface area contributed by atoms with Crippen LogP contribution >= 0.6 is 27.5 Å². The van der Waals surface area contributed by atoms with Gasteiger partial charge in [0.1, 0.15) is 6.61 Å². The number of ether oxygens (including phenoxy) is 4. The summed E-state index contributed by atoms with van der Waals surface area (Å²) in [5, 5.41) is 0. The third-order valence-electron chi connectivity index (χ3n) is 2.35. The van der Waals surface area contributed by atoms with Crippen molar-refractivity contribution in [2.24, 2.45) is 0 Å². The Morgan fingerprint density at radius 2 is 1.84 bits per heavy atom. The van der Waals surface area contributed by atoms with Crippen molar-refractivity contribution in [3.05, 3.63) is 22.2 Å². The lowest BCUT2D eigenvalue weighted by molar-refractivity contribution is 0.0538. The van der Waals surface area contributed by atoms with Gasteiger partial charge in [-0.15, -0.1) is 11.6 Å². The van der Waals surface area contributed by atoms with Crippen molar-refractivity contribution in [2.75, 3.05) is 40.6 Å². The van der Waals surface area contributed by atoms with Crippen molar-refractivity contribution in [1.82, 2.24) is 0 Å². The Labute approximate surface area is 127 Å². The molecule has 0 spiro atoms. The average molecular weight is 354 g/mol. The van der Waals surface area contributed by atoms with Crippen LogP contribution in [-0.4, -0.2) is 40.6 Å². The highest BCUT2D eigenvalue weighted by Gasteiger charge is 2.11. The summed E-state index contributed by atoms with van der Waals surface area (Å²) in [6.45, 7) is 2.08. The van der Waals surface area contributed by atoms with E-state index in [1.54, 1.807) is 14.2 Å². The Hall–Kier alpha value is -0.490. The minimum atomic E-state index is 0.426. The lowest BCUT2D eigenvalue weighted by Gasteiger charge is -2.14. The molecule has 0 aliphatic heterocycles. The quantitative estimate of drug-likeness (QED) is 0.504. The number of rotatable bonds is 9. The molecule has 0 radical (unpaired) electrons. The molecule has 1 aromatic carbocycles. The average Bonchev–Trinajstić information content (AvgIpc) is 2.43. The summed E-state index contributed by atoms with van der Waals surface area (Å²) < 4.78 is 22.0. The molecule has 0 fully saturated rings. The second-order valence-electron chi connectivity index (χ2n) is 3.70. The van der Waals surface area contributed by atoms with Crippen molar-refractivity contribution in [1.29, 1.82) is 0 Å². The SMILES string of the molecule is COCCOCCOc1c(Br)cc(CCl)cc1OC. The largest absolute Gasteiger partial charge is 0.493 e. The second-order valence-corrected chi connectivity index (χ2v) is 4.82. The fourth-order valence-corrected chi connectivity index (χ4v) is 2.20. The van der Waals surface area contributed by atoms with Crippen LogP contribution < -0.4 is 9.47 Å². The summed E-state index contributed by atoms with van der Waals surface area (Å²) in [6.07, 6.45) is 0. The van der Waals surface area contributed by atoms with Crippen molar-refractivity contribution < 1.29 is 18.9 Å². The topological polar surface area (TPSA) is 36.9 Å². The molecule has 0 aromatic heterocycles. The molecule has 0 aliphatic rings. The molecule has 108 valence electrons. The van der Waals surface area contributed by atoms with E-state index < -0.39 is 0 Å². The number of benzene rings is 1. The standard InChI is InChI=1S/C13H18BrClO4/c1-16-3-4-18-5-6-19-13-11(14)7-10(9-15)8-12(13)17-2/h7-8H,3-6,9H2,1-2H3.